The first kappa shape index (κ1) is 9.13. The molecule has 0 unspecified atom stereocenters. The van der Waals surface area contributed by atoms with Crippen molar-refractivity contribution in [1.82, 2.24) is 0 Å². The molecule has 0 aromatic heterocycles. The highest BCUT2D eigenvalue weighted by Gasteiger charge is 1.99. The molecule has 0 atom stereocenters. The molecule has 0 N–H and O–H groups in total. The summed E-state index contributed by atoms with van der Waals surface area (Å²) in [7, 11) is 1.63. The number of halogens is 2. The van der Waals surface area contributed by atoms with E-state index < -0.39 is 0 Å². The van der Waals surface area contributed by atoms with Gasteiger partial charge in [-0.2, -0.15) is 0 Å². The van der Waals surface area contributed by atoms with Crippen LogP contribution in [0, 0.1) is 0 Å². The van der Waals surface area contributed by atoms with Crippen LogP contribution in [-0.2, 0) is 4.43 Å². The van der Waals surface area contributed by atoms with Crippen molar-refractivity contribution in [2.45, 2.75) is 4.43 Å². The maximum Gasteiger partial charge on any atom is 0.120 e. The Morgan fingerprint density at radius 2 is 2.27 bits per heavy atom. The summed E-state index contributed by atoms with van der Waals surface area (Å²) in [6, 6.07) is 5.73. The second-order valence-corrected chi connectivity index (χ2v) is 3.26. The van der Waals surface area contributed by atoms with Gasteiger partial charge in [0.15, 0.2) is 0 Å². The Labute approximate surface area is 84.8 Å². The highest BCUT2D eigenvalue weighted by molar-refractivity contribution is 14.1. The lowest BCUT2D eigenvalue weighted by Crippen LogP contribution is -1.84. The van der Waals surface area contributed by atoms with Gasteiger partial charge in [0.05, 0.1) is 7.11 Å². The molecule has 0 aliphatic carbocycles. The number of ether oxygens (including phenoxy) is 1. The van der Waals surface area contributed by atoms with Crippen LogP contribution in [0.1, 0.15) is 5.56 Å². The summed E-state index contributed by atoms with van der Waals surface area (Å²) in [4.78, 5) is 0. The molecule has 11 heavy (non-hydrogen) atoms. The molecule has 1 aromatic rings. The third-order valence-electron chi connectivity index (χ3n) is 1.40. The molecule has 0 saturated heterocycles. The van der Waals surface area contributed by atoms with Crippen LogP contribution in [-0.4, -0.2) is 7.11 Å². The van der Waals surface area contributed by atoms with E-state index in [0.717, 1.165) is 20.8 Å². The first-order valence-electron chi connectivity index (χ1n) is 3.16. The average Bonchev–Trinajstić information content (AvgIpc) is 2.04. The largest absolute Gasteiger partial charge is 0.497 e. The Morgan fingerprint density at radius 1 is 1.55 bits per heavy atom. The van der Waals surface area contributed by atoms with E-state index in [1.165, 1.54) is 0 Å². The number of methoxy groups -OCH3 is 1. The lowest BCUT2D eigenvalue weighted by Gasteiger charge is -2.02. The lowest BCUT2D eigenvalue weighted by atomic mass is 10.2. The standard InChI is InChI=1S/C8H8ClIO/c1-11-7-3-2-6(5-10)8(9)4-7/h2-4H,5H2,1H3. The van der Waals surface area contributed by atoms with Gasteiger partial charge in [0, 0.05) is 9.45 Å². The van der Waals surface area contributed by atoms with Crippen LogP contribution in [0.4, 0.5) is 0 Å². The predicted molar refractivity (Wildman–Crippen MR) is 55.7 cm³/mol. The minimum Gasteiger partial charge on any atom is -0.497 e. The first-order valence-corrected chi connectivity index (χ1v) is 5.06. The molecular weight excluding hydrogens is 274 g/mol. The molecule has 0 heterocycles. The number of alkyl halides is 1. The molecule has 0 saturated carbocycles. The van der Waals surface area contributed by atoms with Gasteiger partial charge < -0.3 is 4.74 Å². The van der Waals surface area contributed by atoms with Gasteiger partial charge in [0.25, 0.3) is 0 Å². The summed E-state index contributed by atoms with van der Waals surface area (Å²) in [6.07, 6.45) is 0. The topological polar surface area (TPSA) is 9.23 Å². The zero-order valence-corrected chi connectivity index (χ0v) is 9.02. The second-order valence-electron chi connectivity index (χ2n) is 2.09. The van der Waals surface area contributed by atoms with Crippen molar-refractivity contribution in [3.05, 3.63) is 28.8 Å². The third kappa shape index (κ3) is 2.24. The Balaban J connectivity index is 2.99. The van der Waals surface area contributed by atoms with E-state index in [-0.39, 0.29) is 0 Å². The predicted octanol–water partition coefficient (Wildman–Crippen LogP) is 3.28. The van der Waals surface area contributed by atoms with Gasteiger partial charge in [-0.1, -0.05) is 40.3 Å². The molecule has 0 aliphatic rings. The normalized spacial score (nSPS) is 9.73. The highest BCUT2D eigenvalue weighted by atomic mass is 127. The van der Waals surface area contributed by atoms with Crippen molar-refractivity contribution in [3.63, 3.8) is 0 Å². The summed E-state index contributed by atoms with van der Waals surface area (Å²) >= 11 is 8.20. The van der Waals surface area contributed by atoms with Crippen LogP contribution in [0.2, 0.25) is 5.02 Å². The van der Waals surface area contributed by atoms with Crippen LogP contribution in [0.5, 0.6) is 5.75 Å². The average molecular weight is 283 g/mol. The highest BCUT2D eigenvalue weighted by Crippen LogP contribution is 2.23. The van der Waals surface area contributed by atoms with E-state index in [1.807, 2.05) is 18.2 Å². The molecule has 0 bridgehead atoms. The van der Waals surface area contributed by atoms with Gasteiger partial charge in [0.1, 0.15) is 5.75 Å². The van der Waals surface area contributed by atoms with Crippen molar-refractivity contribution in [2.75, 3.05) is 7.11 Å². The monoisotopic (exact) mass is 282 g/mol. The van der Waals surface area contributed by atoms with Crippen molar-refractivity contribution in [2.24, 2.45) is 0 Å². The van der Waals surface area contributed by atoms with Gasteiger partial charge in [-0.05, 0) is 17.7 Å². The number of rotatable bonds is 2. The maximum atomic E-state index is 5.92. The quantitative estimate of drug-likeness (QED) is 0.597. The summed E-state index contributed by atoms with van der Waals surface area (Å²) in [5.41, 5.74) is 1.15. The van der Waals surface area contributed by atoms with E-state index in [2.05, 4.69) is 22.6 Å². The molecule has 0 aliphatic heterocycles. The van der Waals surface area contributed by atoms with Crippen LogP contribution in [0.15, 0.2) is 18.2 Å². The first-order chi connectivity index (χ1) is 5.27. The minimum atomic E-state index is 0.777. The zero-order valence-electron chi connectivity index (χ0n) is 6.10. The van der Waals surface area contributed by atoms with Crippen molar-refractivity contribution >= 4 is 34.2 Å². The zero-order chi connectivity index (χ0) is 8.27. The lowest BCUT2D eigenvalue weighted by molar-refractivity contribution is 0.414. The minimum absolute atomic E-state index is 0.777. The Bertz CT molecular complexity index is 250. The van der Waals surface area contributed by atoms with Crippen molar-refractivity contribution < 1.29 is 4.74 Å². The molecule has 0 fully saturated rings. The Morgan fingerprint density at radius 3 is 2.73 bits per heavy atom. The van der Waals surface area contributed by atoms with Crippen LogP contribution in [0.3, 0.4) is 0 Å². The van der Waals surface area contributed by atoms with Crippen LogP contribution in [0.25, 0.3) is 0 Å². The fourth-order valence-electron chi connectivity index (χ4n) is 0.763. The van der Waals surface area contributed by atoms with Gasteiger partial charge >= 0.3 is 0 Å². The molecular formula is C8H8ClIO. The smallest absolute Gasteiger partial charge is 0.120 e. The summed E-state index contributed by atoms with van der Waals surface area (Å²) in [5, 5.41) is 0.777. The molecule has 3 heteroatoms. The molecule has 0 amide bonds. The molecule has 0 spiro atoms. The Hall–Kier alpha value is 0.0400. The van der Waals surface area contributed by atoms with E-state index in [1.54, 1.807) is 7.11 Å². The molecule has 1 rings (SSSR count). The van der Waals surface area contributed by atoms with E-state index >= 15 is 0 Å². The number of hydrogen-bond acceptors (Lipinski definition) is 1. The van der Waals surface area contributed by atoms with Crippen molar-refractivity contribution in [3.8, 4) is 5.75 Å². The maximum absolute atomic E-state index is 5.92. The molecule has 1 nitrogen and oxygen atoms in total. The molecule has 1 aromatic carbocycles. The molecule has 0 radical (unpaired) electrons. The second kappa shape index (κ2) is 4.16. The molecule has 60 valence electrons. The fraction of sp³-hybridized carbons (Fsp3) is 0.250. The van der Waals surface area contributed by atoms with Gasteiger partial charge in [-0.3, -0.25) is 0 Å². The van der Waals surface area contributed by atoms with Gasteiger partial charge in [-0.25, -0.2) is 0 Å². The SMILES string of the molecule is COc1ccc(CI)c(Cl)c1. The number of hydrogen-bond donors (Lipinski definition) is 0. The third-order valence-corrected chi connectivity index (χ3v) is 2.58. The van der Waals surface area contributed by atoms with E-state index in [4.69, 9.17) is 16.3 Å². The number of benzene rings is 1. The fourth-order valence-corrected chi connectivity index (χ4v) is 1.89. The van der Waals surface area contributed by atoms with Crippen LogP contribution < -0.4 is 4.74 Å². The van der Waals surface area contributed by atoms with E-state index in [0.29, 0.717) is 0 Å². The summed E-state index contributed by atoms with van der Waals surface area (Å²) in [6.45, 7) is 0. The van der Waals surface area contributed by atoms with Gasteiger partial charge in [-0.15, -0.1) is 0 Å². The van der Waals surface area contributed by atoms with Crippen molar-refractivity contribution in [1.29, 1.82) is 0 Å². The Kier molecular flexibility index (Phi) is 3.45. The van der Waals surface area contributed by atoms with Crippen LogP contribution >= 0.6 is 34.2 Å². The van der Waals surface area contributed by atoms with Gasteiger partial charge in [0.2, 0.25) is 0 Å². The van der Waals surface area contributed by atoms with E-state index in [9.17, 15) is 0 Å². The summed E-state index contributed by atoms with van der Waals surface area (Å²) < 4.78 is 5.94. The summed E-state index contributed by atoms with van der Waals surface area (Å²) in [5.74, 6) is 0.809.